The number of benzene rings is 1. The zero-order valence-electron chi connectivity index (χ0n) is 14.4. The number of rotatable bonds is 7. The Morgan fingerprint density at radius 1 is 1.23 bits per heavy atom. The summed E-state index contributed by atoms with van der Waals surface area (Å²) in [5.41, 5.74) is 0. The van der Waals surface area contributed by atoms with Crippen molar-refractivity contribution < 1.29 is 30.7 Å². The Bertz CT molecular complexity index is 860. The van der Waals surface area contributed by atoms with Gasteiger partial charge in [-0.05, 0) is 18.8 Å². The lowest BCUT2D eigenvalue weighted by Gasteiger charge is -2.32. The molecule has 0 aromatic heterocycles. The highest BCUT2D eigenvalue weighted by atomic mass is 32.2. The van der Waals surface area contributed by atoms with Gasteiger partial charge in [0.25, 0.3) is 10.2 Å². The molecule has 1 aliphatic heterocycles. The summed E-state index contributed by atoms with van der Waals surface area (Å²) in [6.07, 6.45) is 1.15. The molecule has 12 heteroatoms. The molecule has 0 amide bonds. The van der Waals surface area contributed by atoms with E-state index in [-0.39, 0.29) is 37.1 Å². The smallest absolute Gasteiger partial charge is 0.274 e. The number of ether oxygens (including phenoxy) is 2. The minimum atomic E-state index is -4.12. The summed E-state index contributed by atoms with van der Waals surface area (Å²) in [5, 5.41) is 4.90. The topological polar surface area (TPSA) is 128 Å². The fourth-order valence-electron chi connectivity index (χ4n) is 2.82. The van der Waals surface area contributed by atoms with E-state index in [1.807, 2.05) is 0 Å². The van der Waals surface area contributed by atoms with Crippen molar-refractivity contribution in [2.75, 3.05) is 33.9 Å². The molecule has 0 saturated carbocycles. The lowest BCUT2D eigenvalue weighted by molar-refractivity contribution is 0.266. The van der Waals surface area contributed by atoms with Crippen molar-refractivity contribution in [2.45, 2.75) is 17.7 Å². The predicted octanol–water partition coefficient (Wildman–Crippen LogP) is 0.0367. The van der Waals surface area contributed by atoms with Crippen LogP contribution >= 0.6 is 0 Å². The maximum atomic E-state index is 14.4. The summed E-state index contributed by atoms with van der Waals surface area (Å²) in [5.74, 6) is -1.04. The van der Waals surface area contributed by atoms with Crippen LogP contribution in [0.5, 0.6) is 11.5 Å². The number of halogens is 1. The highest BCUT2D eigenvalue weighted by Crippen LogP contribution is 2.34. The molecule has 2 rings (SSSR count). The molecule has 0 unspecified atom stereocenters. The molecule has 1 heterocycles. The average molecular weight is 411 g/mol. The van der Waals surface area contributed by atoms with Gasteiger partial charge in [0.1, 0.15) is 10.7 Å². The Morgan fingerprint density at radius 2 is 1.85 bits per heavy atom. The van der Waals surface area contributed by atoms with Gasteiger partial charge in [-0.1, -0.05) is 0 Å². The van der Waals surface area contributed by atoms with Gasteiger partial charge in [0.05, 0.1) is 14.2 Å². The molecule has 1 aromatic carbocycles. The third-order valence-electron chi connectivity index (χ3n) is 4.11. The Morgan fingerprint density at radius 3 is 2.42 bits per heavy atom. The van der Waals surface area contributed by atoms with Crippen molar-refractivity contribution in [3.05, 3.63) is 17.9 Å². The molecule has 9 nitrogen and oxygen atoms in total. The first-order chi connectivity index (χ1) is 12.1. The standard InChI is InChI=1S/C14H22FN3O6S2/c1-23-12-6-11(15)14(7-13(12)24-2)25(19,20)18-5-3-4-10(9-18)8-17-26(16,21)22/h6-7,10,17H,3-5,8-9H2,1-2H3,(H2,16,21,22)/t10-/m1/s1. The van der Waals surface area contributed by atoms with E-state index in [0.29, 0.717) is 12.8 Å². The normalized spacial score (nSPS) is 19.3. The van der Waals surface area contributed by atoms with Gasteiger partial charge in [-0.2, -0.15) is 12.7 Å². The van der Waals surface area contributed by atoms with Crippen LogP contribution in [0.1, 0.15) is 12.8 Å². The maximum absolute atomic E-state index is 14.4. The van der Waals surface area contributed by atoms with E-state index >= 15 is 0 Å². The number of nitrogens with one attached hydrogen (secondary N) is 1. The van der Waals surface area contributed by atoms with Crippen molar-refractivity contribution >= 4 is 20.2 Å². The van der Waals surface area contributed by atoms with E-state index in [0.717, 1.165) is 16.4 Å². The molecule has 3 N–H and O–H groups in total. The van der Waals surface area contributed by atoms with Gasteiger partial charge >= 0.3 is 0 Å². The molecule has 0 bridgehead atoms. The summed E-state index contributed by atoms with van der Waals surface area (Å²) in [4.78, 5) is -0.518. The monoisotopic (exact) mass is 411 g/mol. The first kappa shape index (κ1) is 20.8. The van der Waals surface area contributed by atoms with Gasteiger partial charge in [-0.15, -0.1) is 0 Å². The van der Waals surface area contributed by atoms with Gasteiger partial charge in [0, 0.05) is 31.8 Å². The van der Waals surface area contributed by atoms with Gasteiger partial charge in [-0.3, -0.25) is 0 Å². The van der Waals surface area contributed by atoms with Gasteiger partial charge < -0.3 is 9.47 Å². The maximum Gasteiger partial charge on any atom is 0.274 e. The van der Waals surface area contributed by atoms with Crippen molar-refractivity contribution in [1.29, 1.82) is 0 Å². The number of hydrogen-bond acceptors (Lipinski definition) is 6. The lowest BCUT2D eigenvalue weighted by atomic mass is 10.0. The largest absolute Gasteiger partial charge is 0.493 e. The molecule has 26 heavy (non-hydrogen) atoms. The average Bonchev–Trinajstić information content (AvgIpc) is 2.59. The second kappa shape index (κ2) is 8.05. The molecule has 0 aliphatic carbocycles. The Kier molecular flexibility index (Phi) is 6.45. The van der Waals surface area contributed by atoms with Crippen molar-refractivity contribution in [3.63, 3.8) is 0 Å². The van der Waals surface area contributed by atoms with E-state index in [1.54, 1.807) is 0 Å². The quantitative estimate of drug-likeness (QED) is 0.652. The zero-order valence-corrected chi connectivity index (χ0v) is 16.1. The fourth-order valence-corrected chi connectivity index (χ4v) is 4.90. The zero-order chi connectivity index (χ0) is 19.5. The lowest BCUT2D eigenvalue weighted by Crippen LogP contribution is -2.44. The van der Waals surface area contributed by atoms with E-state index < -0.39 is 30.9 Å². The molecule has 1 saturated heterocycles. The third-order valence-corrected chi connectivity index (χ3v) is 6.56. The Hall–Kier alpha value is -1.47. The van der Waals surface area contributed by atoms with Gasteiger partial charge in [0.15, 0.2) is 11.5 Å². The number of piperidine rings is 1. The Balaban J connectivity index is 2.26. The minimum Gasteiger partial charge on any atom is -0.493 e. The van der Waals surface area contributed by atoms with E-state index in [4.69, 9.17) is 14.6 Å². The second-order valence-electron chi connectivity index (χ2n) is 5.90. The SMILES string of the molecule is COc1cc(F)c(S(=O)(=O)N2CCC[C@H](CNS(N)(=O)=O)C2)cc1OC. The highest BCUT2D eigenvalue weighted by Gasteiger charge is 2.33. The molecule has 0 spiro atoms. The van der Waals surface area contributed by atoms with E-state index in [2.05, 4.69) is 4.72 Å². The van der Waals surface area contributed by atoms with Crippen LogP contribution in [-0.2, 0) is 20.2 Å². The summed E-state index contributed by atoms with van der Waals surface area (Å²) < 4.78 is 75.4. The first-order valence-electron chi connectivity index (χ1n) is 7.77. The second-order valence-corrected chi connectivity index (χ2v) is 9.19. The molecule has 0 radical (unpaired) electrons. The highest BCUT2D eigenvalue weighted by molar-refractivity contribution is 7.89. The van der Waals surface area contributed by atoms with Crippen LogP contribution in [0.25, 0.3) is 0 Å². The van der Waals surface area contributed by atoms with Crippen LogP contribution in [0.2, 0.25) is 0 Å². The molecule has 1 aromatic rings. The van der Waals surface area contributed by atoms with Crippen molar-refractivity contribution in [2.24, 2.45) is 11.1 Å². The minimum absolute atomic E-state index is 0.0132. The van der Waals surface area contributed by atoms with Crippen molar-refractivity contribution in [1.82, 2.24) is 9.03 Å². The first-order valence-corrected chi connectivity index (χ1v) is 10.8. The molecular formula is C14H22FN3O6S2. The van der Waals surface area contributed by atoms with E-state index in [1.165, 1.54) is 14.2 Å². The molecular weight excluding hydrogens is 389 g/mol. The van der Waals surface area contributed by atoms with E-state index in [9.17, 15) is 21.2 Å². The summed E-state index contributed by atoms with van der Waals surface area (Å²) in [7, 11) is -5.34. The molecule has 1 atom stereocenters. The molecule has 148 valence electrons. The number of sulfonamides is 1. The van der Waals surface area contributed by atoms with Crippen molar-refractivity contribution in [3.8, 4) is 11.5 Å². The Labute approximate surface area is 152 Å². The van der Waals surface area contributed by atoms with Crippen LogP contribution in [0, 0.1) is 11.7 Å². The summed E-state index contributed by atoms with van der Waals surface area (Å²) in [6.45, 7) is 0.278. The predicted molar refractivity (Wildman–Crippen MR) is 92.1 cm³/mol. The molecule has 1 fully saturated rings. The number of hydrogen-bond donors (Lipinski definition) is 2. The fraction of sp³-hybridized carbons (Fsp3) is 0.571. The van der Waals surface area contributed by atoms with Crippen LogP contribution in [0.15, 0.2) is 17.0 Å². The van der Waals surface area contributed by atoms with Gasteiger partial charge in [0.2, 0.25) is 10.0 Å². The number of nitrogens with zero attached hydrogens (tertiary/aromatic N) is 1. The summed E-state index contributed by atoms with van der Waals surface area (Å²) >= 11 is 0. The van der Waals surface area contributed by atoms with Crippen LogP contribution in [0.4, 0.5) is 4.39 Å². The number of nitrogens with two attached hydrogens (primary N) is 1. The third kappa shape index (κ3) is 4.82. The molecule has 1 aliphatic rings. The van der Waals surface area contributed by atoms with Crippen LogP contribution in [0.3, 0.4) is 0 Å². The number of methoxy groups -OCH3 is 2. The summed E-state index contributed by atoms with van der Waals surface area (Å²) in [6, 6.07) is 2.03. The van der Waals surface area contributed by atoms with Crippen LogP contribution in [-0.4, -0.2) is 55.0 Å². The van der Waals surface area contributed by atoms with Crippen LogP contribution < -0.4 is 19.3 Å². The van der Waals surface area contributed by atoms with Gasteiger partial charge in [-0.25, -0.2) is 22.7 Å².